The van der Waals surface area contributed by atoms with Crippen LogP contribution in [0.25, 0.3) is 17.2 Å². The van der Waals surface area contributed by atoms with E-state index in [-0.39, 0.29) is 5.75 Å². The van der Waals surface area contributed by atoms with Crippen molar-refractivity contribution < 1.29 is 9.84 Å². The Hall–Kier alpha value is -2.22. The van der Waals surface area contributed by atoms with Crippen molar-refractivity contribution >= 4 is 6.08 Å². The maximum absolute atomic E-state index is 10.1. The van der Waals surface area contributed by atoms with Gasteiger partial charge in [-0.15, -0.1) is 0 Å². The molecule has 2 heteroatoms. The Morgan fingerprint density at radius 3 is 2.67 bits per heavy atom. The van der Waals surface area contributed by atoms with E-state index in [1.165, 1.54) is 0 Å². The summed E-state index contributed by atoms with van der Waals surface area (Å²) >= 11 is 0. The van der Waals surface area contributed by atoms with E-state index < -0.39 is 0 Å². The largest absolute Gasteiger partial charge is 0.507 e. The molecule has 18 heavy (non-hydrogen) atoms. The van der Waals surface area contributed by atoms with Gasteiger partial charge in [-0.1, -0.05) is 43.0 Å². The van der Waals surface area contributed by atoms with E-state index in [9.17, 15) is 5.11 Å². The van der Waals surface area contributed by atoms with Gasteiger partial charge in [-0.05, 0) is 30.2 Å². The Balaban J connectivity index is 2.65. The van der Waals surface area contributed by atoms with Gasteiger partial charge in [0.15, 0.2) is 0 Å². The number of phenols is 1. The first-order valence-electron chi connectivity index (χ1n) is 5.94. The molecule has 0 aliphatic rings. The van der Waals surface area contributed by atoms with Crippen LogP contribution in [0.2, 0.25) is 0 Å². The molecule has 0 radical (unpaired) electrons. The molecule has 0 bridgehead atoms. The van der Waals surface area contributed by atoms with Gasteiger partial charge in [0.1, 0.15) is 11.5 Å². The Kier molecular flexibility index (Phi) is 3.68. The van der Waals surface area contributed by atoms with Gasteiger partial charge in [0, 0.05) is 0 Å². The molecule has 2 rings (SSSR count). The van der Waals surface area contributed by atoms with Crippen molar-refractivity contribution in [2.24, 2.45) is 0 Å². The average Bonchev–Trinajstić information content (AvgIpc) is 2.39. The Bertz CT molecular complexity index is 559. The fourth-order valence-corrected chi connectivity index (χ4v) is 1.97. The first kappa shape index (κ1) is 12.2. The summed E-state index contributed by atoms with van der Waals surface area (Å²) in [6, 6.07) is 13.1. The molecule has 2 aromatic rings. The summed E-state index contributed by atoms with van der Waals surface area (Å²) < 4.78 is 5.58. The molecule has 0 amide bonds. The van der Waals surface area contributed by atoms with Gasteiger partial charge in [0.2, 0.25) is 0 Å². The van der Waals surface area contributed by atoms with Crippen LogP contribution >= 0.6 is 0 Å². The molecule has 0 fully saturated rings. The summed E-state index contributed by atoms with van der Waals surface area (Å²) in [6.45, 7) is 6.29. The van der Waals surface area contributed by atoms with E-state index in [2.05, 4.69) is 6.58 Å². The standard InChI is InChI=1S/C16H16O2/c1-3-12-8-5-6-9-13(12)16-14(17)10-7-11-15(16)18-4-2/h3,5-11,17H,1,4H2,2H3. The molecular weight excluding hydrogens is 224 g/mol. The van der Waals surface area contributed by atoms with E-state index in [1.807, 2.05) is 37.3 Å². The molecule has 92 valence electrons. The van der Waals surface area contributed by atoms with E-state index in [4.69, 9.17) is 4.74 Å². The zero-order chi connectivity index (χ0) is 13.0. The number of hydrogen-bond acceptors (Lipinski definition) is 2. The van der Waals surface area contributed by atoms with Crippen LogP contribution in [0.4, 0.5) is 0 Å². The van der Waals surface area contributed by atoms with Crippen LogP contribution in [0.3, 0.4) is 0 Å². The Morgan fingerprint density at radius 2 is 1.94 bits per heavy atom. The summed E-state index contributed by atoms with van der Waals surface area (Å²) in [6.07, 6.45) is 1.78. The minimum Gasteiger partial charge on any atom is -0.507 e. The minimum absolute atomic E-state index is 0.218. The first-order valence-corrected chi connectivity index (χ1v) is 5.94. The van der Waals surface area contributed by atoms with Gasteiger partial charge in [0.25, 0.3) is 0 Å². The quantitative estimate of drug-likeness (QED) is 0.871. The second-order valence-electron chi connectivity index (χ2n) is 3.87. The molecule has 0 heterocycles. The highest BCUT2D eigenvalue weighted by Crippen LogP contribution is 2.39. The fourth-order valence-electron chi connectivity index (χ4n) is 1.97. The Labute approximate surface area is 107 Å². The SMILES string of the molecule is C=Cc1ccccc1-c1c(O)cccc1OCC. The number of aromatic hydroxyl groups is 1. The lowest BCUT2D eigenvalue weighted by atomic mass is 9.98. The molecule has 2 nitrogen and oxygen atoms in total. The van der Waals surface area contributed by atoms with Gasteiger partial charge in [-0.25, -0.2) is 0 Å². The van der Waals surface area contributed by atoms with Crippen molar-refractivity contribution in [1.82, 2.24) is 0 Å². The number of ether oxygens (including phenoxy) is 1. The normalized spacial score (nSPS) is 10.1. The van der Waals surface area contributed by atoms with E-state index in [0.717, 1.165) is 16.7 Å². The van der Waals surface area contributed by atoms with Crippen LogP contribution in [0.1, 0.15) is 12.5 Å². The third-order valence-corrected chi connectivity index (χ3v) is 2.75. The summed E-state index contributed by atoms with van der Waals surface area (Å²) in [5, 5.41) is 10.1. The molecule has 0 saturated heterocycles. The maximum Gasteiger partial charge on any atom is 0.130 e. The zero-order valence-corrected chi connectivity index (χ0v) is 10.4. The van der Waals surface area contributed by atoms with Crippen LogP contribution in [0.15, 0.2) is 49.0 Å². The van der Waals surface area contributed by atoms with Crippen molar-refractivity contribution in [3.63, 3.8) is 0 Å². The number of benzene rings is 2. The molecule has 0 saturated carbocycles. The number of rotatable bonds is 4. The number of phenolic OH excluding ortho intramolecular Hbond substituents is 1. The van der Waals surface area contributed by atoms with Crippen molar-refractivity contribution in [3.8, 4) is 22.6 Å². The van der Waals surface area contributed by atoms with Crippen LogP contribution in [-0.4, -0.2) is 11.7 Å². The van der Waals surface area contributed by atoms with Gasteiger partial charge in [-0.2, -0.15) is 0 Å². The van der Waals surface area contributed by atoms with Crippen LogP contribution in [0.5, 0.6) is 11.5 Å². The molecule has 2 aromatic carbocycles. The highest BCUT2D eigenvalue weighted by Gasteiger charge is 2.13. The van der Waals surface area contributed by atoms with Gasteiger partial charge in [-0.3, -0.25) is 0 Å². The summed E-state index contributed by atoms with van der Waals surface area (Å²) in [5.74, 6) is 0.905. The lowest BCUT2D eigenvalue weighted by molar-refractivity contribution is 0.339. The topological polar surface area (TPSA) is 29.5 Å². The zero-order valence-electron chi connectivity index (χ0n) is 10.4. The summed E-state index contributed by atoms with van der Waals surface area (Å²) in [5.41, 5.74) is 2.61. The smallest absolute Gasteiger partial charge is 0.130 e. The van der Waals surface area contributed by atoms with Gasteiger partial charge >= 0.3 is 0 Å². The van der Waals surface area contributed by atoms with E-state index in [1.54, 1.807) is 18.2 Å². The molecular formula is C16H16O2. The van der Waals surface area contributed by atoms with E-state index >= 15 is 0 Å². The first-order chi connectivity index (χ1) is 8.77. The monoisotopic (exact) mass is 240 g/mol. The third-order valence-electron chi connectivity index (χ3n) is 2.75. The lowest BCUT2D eigenvalue weighted by Crippen LogP contribution is -1.95. The van der Waals surface area contributed by atoms with Crippen molar-refractivity contribution in [2.75, 3.05) is 6.61 Å². The molecule has 0 unspecified atom stereocenters. The van der Waals surface area contributed by atoms with E-state index in [0.29, 0.717) is 12.4 Å². The van der Waals surface area contributed by atoms with Gasteiger partial charge < -0.3 is 9.84 Å². The molecule has 0 aliphatic heterocycles. The van der Waals surface area contributed by atoms with Crippen molar-refractivity contribution in [2.45, 2.75) is 6.92 Å². The minimum atomic E-state index is 0.218. The highest BCUT2D eigenvalue weighted by molar-refractivity contribution is 5.82. The fraction of sp³-hybridized carbons (Fsp3) is 0.125. The lowest BCUT2D eigenvalue weighted by Gasteiger charge is -2.13. The maximum atomic E-state index is 10.1. The average molecular weight is 240 g/mol. The molecule has 1 N–H and O–H groups in total. The van der Waals surface area contributed by atoms with Crippen LogP contribution < -0.4 is 4.74 Å². The highest BCUT2D eigenvalue weighted by atomic mass is 16.5. The summed E-state index contributed by atoms with van der Waals surface area (Å²) in [7, 11) is 0. The second kappa shape index (κ2) is 5.41. The molecule has 0 spiro atoms. The second-order valence-corrected chi connectivity index (χ2v) is 3.87. The van der Waals surface area contributed by atoms with Crippen LogP contribution in [0, 0.1) is 0 Å². The summed E-state index contributed by atoms with van der Waals surface area (Å²) in [4.78, 5) is 0. The molecule has 0 aromatic heterocycles. The van der Waals surface area contributed by atoms with Crippen molar-refractivity contribution in [1.29, 1.82) is 0 Å². The predicted molar refractivity (Wildman–Crippen MR) is 74.8 cm³/mol. The molecule has 0 aliphatic carbocycles. The number of hydrogen-bond donors (Lipinski definition) is 1. The van der Waals surface area contributed by atoms with Crippen molar-refractivity contribution in [3.05, 3.63) is 54.6 Å². The molecule has 0 atom stereocenters. The third kappa shape index (κ3) is 2.23. The predicted octanol–water partition coefficient (Wildman–Crippen LogP) is 4.10. The van der Waals surface area contributed by atoms with Crippen LogP contribution in [-0.2, 0) is 0 Å². The van der Waals surface area contributed by atoms with Gasteiger partial charge in [0.05, 0.1) is 12.2 Å². The Morgan fingerprint density at radius 1 is 1.17 bits per heavy atom.